The van der Waals surface area contributed by atoms with Crippen LogP contribution in [0.4, 0.5) is 28.9 Å². The third-order valence-electron chi connectivity index (χ3n) is 3.88. The fourth-order valence-corrected chi connectivity index (χ4v) is 2.46. The molecule has 1 aromatic heterocycles. The second kappa shape index (κ2) is 8.12. The lowest BCUT2D eigenvalue weighted by Crippen LogP contribution is -2.05. The molecule has 0 N–H and O–H groups in total. The molecule has 3 rings (SSSR count). The van der Waals surface area contributed by atoms with Crippen molar-refractivity contribution >= 4 is 22.8 Å². The van der Waals surface area contributed by atoms with Gasteiger partial charge in [-0.15, -0.1) is 0 Å². The maximum Gasteiger partial charge on any atom is 0.149 e. The zero-order valence-electron chi connectivity index (χ0n) is 15.0. The van der Waals surface area contributed by atoms with Gasteiger partial charge in [0, 0.05) is 12.1 Å². The molecular weight excluding hydrogens is 370 g/mol. The van der Waals surface area contributed by atoms with Crippen molar-refractivity contribution in [3.05, 3.63) is 89.3 Å². The highest BCUT2D eigenvalue weighted by Gasteiger charge is 2.09. The highest BCUT2D eigenvalue weighted by Crippen LogP contribution is 2.21. The van der Waals surface area contributed by atoms with Crippen molar-refractivity contribution in [1.82, 2.24) is 4.98 Å². The Labute approximate surface area is 159 Å². The lowest BCUT2D eigenvalue weighted by molar-refractivity contribution is 0.602. The lowest BCUT2D eigenvalue weighted by atomic mass is 10.2. The standard InChI is InChI=1S/C21H15F4N3/c1-12(26-20-10-14(22)6-8-16(20)24)18-4-3-5-19(28-18)13(2)27-21-11-15(23)7-9-17(21)25/h3-11H,1-2H3. The number of pyridine rings is 1. The van der Waals surface area contributed by atoms with Gasteiger partial charge in [-0.05, 0) is 50.2 Å². The van der Waals surface area contributed by atoms with Gasteiger partial charge >= 0.3 is 0 Å². The Morgan fingerprint density at radius 1 is 0.679 bits per heavy atom. The summed E-state index contributed by atoms with van der Waals surface area (Å²) in [6.07, 6.45) is 0. The summed E-state index contributed by atoms with van der Waals surface area (Å²) in [5.74, 6) is -2.52. The first-order chi connectivity index (χ1) is 13.3. The van der Waals surface area contributed by atoms with Crippen LogP contribution in [0, 0.1) is 23.3 Å². The van der Waals surface area contributed by atoms with Crippen LogP contribution in [0.5, 0.6) is 0 Å². The first-order valence-electron chi connectivity index (χ1n) is 8.32. The fraction of sp³-hybridized carbons (Fsp3) is 0.0952. The van der Waals surface area contributed by atoms with Gasteiger partial charge in [0.25, 0.3) is 0 Å². The number of benzene rings is 2. The molecule has 3 nitrogen and oxygen atoms in total. The van der Waals surface area contributed by atoms with Crippen LogP contribution in [-0.4, -0.2) is 16.4 Å². The average Bonchev–Trinajstić information content (AvgIpc) is 2.67. The van der Waals surface area contributed by atoms with Crippen LogP contribution in [-0.2, 0) is 0 Å². The van der Waals surface area contributed by atoms with E-state index in [1.54, 1.807) is 32.0 Å². The number of nitrogens with zero attached hydrogens (tertiary/aromatic N) is 3. The molecular formula is C21H15F4N3. The van der Waals surface area contributed by atoms with E-state index in [1.807, 2.05) is 0 Å². The third kappa shape index (κ3) is 4.49. The van der Waals surface area contributed by atoms with E-state index in [2.05, 4.69) is 15.0 Å². The van der Waals surface area contributed by atoms with E-state index in [4.69, 9.17) is 0 Å². The van der Waals surface area contributed by atoms with E-state index in [9.17, 15) is 17.6 Å². The molecule has 0 amide bonds. The number of aromatic nitrogens is 1. The second-order valence-electron chi connectivity index (χ2n) is 5.99. The molecule has 0 fully saturated rings. The van der Waals surface area contributed by atoms with Crippen molar-refractivity contribution < 1.29 is 17.6 Å². The molecule has 0 bridgehead atoms. The van der Waals surface area contributed by atoms with E-state index in [-0.39, 0.29) is 11.4 Å². The normalized spacial score (nSPS) is 12.4. The number of aliphatic imine (C=N–C) groups is 2. The Morgan fingerprint density at radius 2 is 1.11 bits per heavy atom. The minimum atomic E-state index is -0.656. The van der Waals surface area contributed by atoms with Gasteiger partial charge in [-0.1, -0.05) is 6.07 Å². The van der Waals surface area contributed by atoms with Crippen molar-refractivity contribution in [3.8, 4) is 0 Å². The van der Waals surface area contributed by atoms with E-state index in [0.29, 0.717) is 22.8 Å². The molecule has 28 heavy (non-hydrogen) atoms. The summed E-state index contributed by atoms with van der Waals surface area (Å²) < 4.78 is 54.2. The van der Waals surface area contributed by atoms with Crippen LogP contribution < -0.4 is 0 Å². The molecule has 0 radical (unpaired) electrons. The Hall–Kier alpha value is -3.35. The fourth-order valence-electron chi connectivity index (χ4n) is 2.46. The molecule has 7 heteroatoms. The first-order valence-corrected chi connectivity index (χ1v) is 8.32. The summed E-state index contributed by atoms with van der Waals surface area (Å²) in [5, 5.41) is 0. The number of rotatable bonds is 4. The molecule has 0 aliphatic carbocycles. The van der Waals surface area contributed by atoms with Crippen LogP contribution in [0.3, 0.4) is 0 Å². The quantitative estimate of drug-likeness (QED) is 0.406. The smallest absolute Gasteiger partial charge is 0.149 e. The maximum atomic E-state index is 13.8. The van der Waals surface area contributed by atoms with Gasteiger partial charge in [0.05, 0.1) is 22.8 Å². The first kappa shape index (κ1) is 19.4. The molecule has 0 atom stereocenters. The topological polar surface area (TPSA) is 37.6 Å². The van der Waals surface area contributed by atoms with Crippen LogP contribution >= 0.6 is 0 Å². The summed E-state index contributed by atoms with van der Waals surface area (Å²) >= 11 is 0. The highest BCUT2D eigenvalue weighted by molar-refractivity contribution is 6.02. The third-order valence-corrected chi connectivity index (χ3v) is 3.88. The summed E-state index contributed by atoms with van der Waals surface area (Å²) in [6, 6.07) is 11.0. The van der Waals surface area contributed by atoms with Gasteiger partial charge < -0.3 is 0 Å². The van der Waals surface area contributed by atoms with Gasteiger partial charge in [0.15, 0.2) is 0 Å². The number of halogens is 4. The molecule has 2 aromatic carbocycles. The van der Waals surface area contributed by atoms with Crippen molar-refractivity contribution in [2.75, 3.05) is 0 Å². The summed E-state index contributed by atoms with van der Waals surface area (Å²) in [7, 11) is 0. The van der Waals surface area contributed by atoms with Gasteiger partial charge in [-0.3, -0.25) is 0 Å². The minimum absolute atomic E-state index is 0.142. The monoisotopic (exact) mass is 385 g/mol. The van der Waals surface area contributed by atoms with Gasteiger partial charge in [0.1, 0.15) is 34.6 Å². The van der Waals surface area contributed by atoms with E-state index in [0.717, 1.165) is 36.4 Å². The Morgan fingerprint density at radius 3 is 1.54 bits per heavy atom. The largest absolute Gasteiger partial charge is 0.248 e. The van der Waals surface area contributed by atoms with Gasteiger partial charge in [0.2, 0.25) is 0 Å². The highest BCUT2D eigenvalue weighted by atomic mass is 19.1. The minimum Gasteiger partial charge on any atom is -0.248 e. The summed E-state index contributed by atoms with van der Waals surface area (Å²) in [5.41, 5.74) is 1.26. The number of hydrogen-bond donors (Lipinski definition) is 0. The molecule has 3 aromatic rings. The van der Waals surface area contributed by atoms with E-state index in [1.165, 1.54) is 0 Å². The average molecular weight is 385 g/mol. The zero-order valence-corrected chi connectivity index (χ0v) is 15.0. The lowest BCUT2D eigenvalue weighted by Gasteiger charge is -2.06. The maximum absolute atomic E-state index is 13.8. The SMILES string of the molecule is CC(=Nc1cc(F)ccc1F)c1cccc(C(C)=Nc2cc(F)ccc2F)n1. The van der Waals surface area contributed by atoms with Crippen molar-refractivity contribution in [3.63, 3.8) is 0 Å². The zero-order chi connectivity index (χ0) is 20.3. The van der Waals surface area contributed by atoms with E-state index >= 15 is 0 Å². The van der Waals surface area contributed by atoms with Gasteiger partial charge in [-0.2, -0.15) is 0 Å². The predicted molar refractivity (Wildman–Crippen MR) is 101 cm³/mol. The molecule has 0 unspecified atom stereocenters. The van der Waals surface area contributed by atoms with Crippen LogP contribution in [0.15, 0.2) is 64.6 Å². The molecule has 1 heterocycles. The predicted octanol–water partition coefficient (Wildman–Crippen LogP) is 5.92. The van der Waals surface area contributed by atoms with Crippen molar-refractivity contribution in [1.29, 1.82) is 0 Å². The Balaban J connectivity index is 1.95. The molecule has 0 aliphatic rings. The van der Waals surface area contributed by atoms with Crippen molar-refractivity contribution in [2.24, 2.45) is 9.98 Å². The summed E-state index contributed by atoms with van der Waals surface area (Å²) in [6.45, 7) is 3.21. The Bertz CT molecular complexity index is 1010. The molecule has 0 aliphatic heterocycles. The second-order valence-corrected chi connectivity index (χ2v) is 5.99. The van der Waals surface area contributed by atoms with Crippen LogP contribution in [0.2, 0.25) is 0 Å². The Kier molecular flexibility index (Phi) is 5.63. The van der Waals surface area contributed by atoms with E-state index < -0.39 is 23.3 Å². The number of hydrogen-bond acceptors (Lipinski definition) is 3. The molecule has 0 saturated heterocycles. The summed E-state index contributed by atoms with van der Waals surface area (Å²) in [4.78, 5) is 12.6. The van der Waals surface area contributed by atoms with Gasteiger partial charge in [-0.25, -0.2) is 32.5 Å². The molecule has 142 valence electrons. The molecule has 0 spiro atoms. The van der Waals surface area contributed by atoms with Crippen molar-refractivity contribution in [2.45, 2.75) is 13.8 Å². The molecule has 0 saturated carbocycles. The van der Waals surface area contributed by atoms with Crippen LogP contribution in [0.25, 0.3) is 0 Å². The van der Waals surface area contributed by atoms with Crippen LogP contribution in [0.1, 0.15) is 25.2 Å².